The molecule has 1 N–H and O–H groups in total. The fourth-order valence-electron chi connectivity index (χ4n) is 2.24. The van der Waals surface area contributed by atoms with Crippen LogP contribution in [0.5, 0.6) is 0 Å². The SMILES string of the molecule is CSc1ccc(Cl)c(C(=O)O[C@@H](C)C(=O)Nc2c(C)nn(C)c2C)c1. The van der Waals surface area contributed by atoms with Crippen LogP contribution in [0.15, 0.2) is 23.1 Å². The fourth-order valence-corrected chi connectivity index (χ4v) is 2.88. The standard InChI is InChI=1S/C17H20ClN3O3S/c1-9-15(10(2)21(4)20-9)19-16(22)11(3)24-17(23)13-8-12(25-5)6-7-14(13)18/h6-8,11H,1-5H3,(H,19,22)/t11-/m0/s1. The Bertz CT molecular complexity index is 820. The summed E-state index contributed by atoms with van der Waals surface area (Å²) in [5.41, 5.74) is 2.38. The number of hydrogen-bond donors (Lipinski definition) is 1. The molecule has 1 aromatic carbocycles. The number of thioether (sulfide) groups is 1. The zero-order chi connectivity index (χ0) is 18.7. The molecule has 1 amide bonds. The van der Waals surface area contributed by atoms with Gasteiger partial charge in [-0.3, -0.25) is 9.48 Å². The lowest BCUT2D eigenvalue weighted by Crippen LogP contribution is -2.30. The van der Waals surface area contributed by atoms with Gasteiger partial charge in [0.1, 0.15) is 0 Å². The second-order valence-electron chi connectivity index (χ2n) is 5.55. The number of amides is 1. The van der Waals surface area contributed by atoms with E-state index in [2.05, 4.69) is 10.4 Å². The molecule has 2 aromatic rings. The number of carbonyl (C=O) groups is 2. The molecule has 1 atom stereocenters. The van der Waals surface area contributed by atoms with Crippen molar-refractivity contribution in [1.82, 2.24) is 9.78 Å². The van der Waals surface area contributed by atoms with Crippen molar-refractivity contribution in [2.45, 2.75) is 31.8 Å². The van der Waals surface area contributed by atoms with Crippen molar-refractivity contribution in [1.29, 1.82) is 0 Å². The summed E-state index contributed by atoms with van der Waals surface area (Å²) in [4.78, 5) is 25.5. The number of hydrogen-bond acceptors (Lipinski definition) is 5. The van der Waals surface area contributed by atoms with Gasteiger partial charge in [0, 0.05) is 11.9 Å². The molecule has 2 rings (SSSR count). The Morgan fingerprint density at radius 3 is 2.60 bits per heavy atom. The highest BCUT2D eigenvalue weighted by Crippen LogP contribution is 2.24. The molecule has 25 heavy (non-hydrogen) atoms. The molecule has 0 aliphatic carbocycles. The minimum absolute atomic E-state index is 0.238. The Labute approximate surface area is 155 Å². The van der Waals surface area contributed by atoms with E-state index in [1.165, 1.54) is 18.7 Å². The summed E-state index contributed by atoms with van der Waals surface area (Å²) < 4.78 is 6.94. The molecule has 0 fully saturated rings. The molecular formula is C17H20ClN3O3S. The molecule has 1 heterocycles. The van der Waals surface area contributed by atoms with E-state index in [9.17, 15) is 9.59 Å². The molecule has 134 valence electrons. The number of rotatable bonds is 5. The number of nitrogens with one attached hydrogen (secondary N) is 1. The molecule has 0 aliphatic heterocycles. The zero-order valence-corrected chi connectivity index (χ0v) is 16.3. The van der Waals surface area contributed by atoms with Gasteiger partial charge >= 0.3 is 5.97 Å². The second-order valence-corrected chi connectivity index (χ2v) is 6.84. The number of anilines is 1. The van der Waals surface area contributed by atoms with Crippen LogP contribution in [-0.2, 0) is 16.6 Å². The number of nitrogens with zero attached hydrogens (tertiary/aromatic N) is 2. The minimum Gasteiger partial charge on any atom is -0.449 e. The summed E-state index contributed by atoms with van der Waals surface area (Å²) in [5.74, 6) is -1.06. The van der Waals surface area contributed by atoms with Crippen LogP contribution in [0.2, 0.25) is 5.02 Å². The van der Waals surface area contributed by atoms with E-state index < -0.39 is 18.0 Å². The van der Waals surface area contributed by atoms with Gasteiger partial charge < -0.3 is 10.1 Å². The number of benzene rings is 1. The quantitative estimate of drug-likeness (QED) is 0.632. The lowest BCUT2D eigenvalue weighted by atomic mass is 10.2. The molecule has 0 saturated carbocycles. The first-order chi connectivity index (χ1) is 11.7. The van der Waals surface area contributed by atoms with E-state index in [4.69, 9.17) is 16.3 Å². The molecule has 0 bridgehead atoms. The normalized spacial score (nSPS) is 11.9. The lowest BCUT2D eigenvalue weighted by molar-refractivity contribution is -0.123. The highest BCUT2D eigenvalue weighted by Gasteiger charge is 2.23. The van der Waals surface area contributed by atoms with E-state index in [1.807, 2.05) is 19.2 Å². The van der Waals surface area contributed by atoms with Crippen LogP contribution in [-0.4, -0.2) is 34.0 Å². The number of ether oxygens (including phenoxy) is 1. The predicted molar refractivity (Wildman–Crippen MR) is 99.4 cm³/mol. The number of aromatic nitrogens is 2. The van der Waals surface area contributed by atoms with E-state index in [1.54, 1.807) is 30.8 Å². The van der Waals surface area contributed by atoms with E-state index in [0.717, 1.165) is 10.6 Å². The Hall–Kier alpha value is -1.99. The minimum atomic E-state index is -0.972. The van der Waals surface area contributed by atoms with Gasteiger partial charge in [-0.1, -0.05) is 11.6 Å². The summed E-state index contributed by atoms with van der Waals surface area (Å²) in [7, 11) is 1.79. The summed E-state index contributed by atoms with van der Waals surface area (Å²) in [6.07, 6.45) is 0.924. The third kappa shape index (κ3) is 4.35. The highest BCUT2D eigenvalue weighted by molar-refractivity contribution is 7.98. The first-order valence-electron chi connectivity index (χ1n) is 7.60. The van der Waals surface area contributed by atoms with Crippen LogP contribution < -0.4 is 5.32 Å². The average molecular weight is 382 g/mol. The maximum Gasteiger partial charge on any atom is 0.340 e. The van der Waals surface area contributed by atoms with Crippen molar-refractivity contribution in [3.05, 3.63) is 40.2 Å². The van der Waals surface area contributed by atoms with Gasteiger partial charge in [0.25, 0.3) is 5.91 Å². The van der Waals surface area contributed by atoms with Crippen molar-refractivity contribution in [2.75, 3.05) is 11.6 Å². The molecular weight excluding hydrogens is 362 g/mol. The van der Waals surface area contributed by atoms with E-state index in [0.29, 0.717) is 11.4 Å². The highest BCUT2D eigenvalue weighted by atomic mass is 35.5. The van der Waals surface area contributed by atoms with Crippen molar-refractivity contribution in [3.63, 3.8) is 0 Å². The zero-order valence-electron chi connectivity index (χ0n) is 14.7. The number of carbonyl (C=O) groups excluding carboxylic acids is 2. The summed E-state index contributed by atoms with van der Waals surface area (Å²) in [5, 5.41) is 7.28. The van der Waals surface area contributed by atoms with Gasteiger partial charge in [0.2, 0.25) is 0 Å². The first kappa shape index (κ1) is 19.3. The van der Waals surface area contributed by atoms with E-state index in [-0.39, 0.29) is 10.6 Å². The van der Waals surface area contributed by atoms with Crippen LogP contribution in [0.25, 0.3) is 0 Å². The first-order valence-corrected chi connectivity index (χ1v) is 9.20. The monoisotopic (exact) mass is 381 g/mol. The lowest BCUT2D eigenvalue weighted by Gasteiger charge is -2.14. The molecule has 0 aliphatic rings. The number of halogens is 1. The maximum atomic E-state index is 12.3. The molecule has 8 heteroatoms. The van der Waals surface area contributed by atoms with Gasteiger partial charge in [-0.2, -0.15) is 5.10 Å². The molecule has 6 nitrogen and oxygen atoms in total. The van der Waals surface area contributed by atoms with Gasteiger partial charge in [-0.15, -0.1) is 11.8 Å². The fraction of sp³-hybridized carbons (Fsp3) is 0.353. The third-order valence-corrected chi connectivity index (χ3v) is 4.86. The maximum absolute atomic E-state index is 12.3. The van der Waals surface area contributed by atoms with Gasteiger partial charge in [-0.25, -0.2) is 4.79 Å². The van der Waals surface area contributed by atoms with Crippen molar-refractivity contribution in [3.8, 4) is 0 Å². The van der Waals surface area contributed by atoms with Crippen molar-refractivity contribution in [2.24, 2.45) is 7.05 Å². The Morgan fingerprint density at radius 1 is 1.36 bits per heavy atom. The summed E-state index contributed by atoms with van der Waals surface area (Å²) >= 11 is 7.55. The summed E-state index contributed by atoms with van der Waals surface area (Å²) in [6.45, 7) is 5.16. The molecule has 0 unspecified atom stereocenters. The summed E-state index contributed by atoms with van der Waals surface area (Å²) in [6, 6.07) is 5.10. The third-order valence-electron chi connectivity index (χ3n) is 3.80. The Morgan fingerprint density at radius 2 is 2.04 bits per heavy atom. The van der Waals surface area contributed by atoms with Crippen LogP contribution in [0.3, 0.4) is 0 Å². The Balaban J connectivity index is 2.09. The van der Waals surface area contributed by atoms with E-state index >= 15 is 0 Å². The molecule has 1 aromatic heterocycles. The van der Waals surface area contributed by atoms with Crippen molar-refractivity contribution >= 4 is 40.9 Å². The topological polar surface area (TPSA) is 73.2 Å². The largest absolute Gasteiger partial charge is 0.449 e. The average Bonchev–Trinajstić information content (AvgIpc) is 2.81. The number of esters is 1. The Kier molecular flexibility index (Phi) is 6.13. The van der Waals surface area contributed by atoms with Gasteiger partial charge in [0.05, 0.1) is 27.7 Å². The van der Waals surface area contributed by atoms with Crippen LogP contribution >= 0.6 is 23.4 Å². The molecule has 0 radical (unpaired) electrons. The van der Waals surface area contributed by atoms with Crippen LogP contribution in [0.1, 0.15) is 28.7 Å². The molecule has 0 spiro atoms. The van der Waals surface area contributed by atoms with Crippen LogP contribution in [0.4, 0.5) is 5.69 Å². The van der Waals surface area contributed by atoms with Crippen LogP contribution in [0, 0.1) is 13.8 Å². The van der Waals surface area contributed by atoms with Gasteiger partial charge in [0.15, 0.2) is 6.10 Å². The van der Waals surface area contributed by atoms with Crippen molar-refractivity contribution < 1.29 is 14.3 Å². The predicted octanol–water partition coefficient (Wildman–Crippen LogP) is 3.60. The number of aryl methyl sites for hydroxylation is 2. The smallest absolute Gasteiger partial charge is 0.340 e. The van der Waals surface area contributed by atoms with Gasteiger partial charge in [-0.05, 0) is 45.2 Å². The molecule has 0 saturated heterocycles. The second kappa shape index (κ2) is 7.93.